The standard InChI is InChI=1S/C17H35O6P/c1-3-4-5-6-7-8-9-10-11-12-13-14-16(17(18)22-2)15-23-24(19,20)21/h16H,3-15H2,1-2H3,(H2,19,20,21). The summed E-state index contributed by atoms with van der Waals surface area (Å²) in [6, 6.07) is 0. The van der Waals surface area contributed by atoms with E-state index in [-0.39, 0.29) is 6.61 Å². The molecule has 0 amide bonds. The van der Waals surface area contributed by atoms with Crippen LogP contribution in [0.3, 0.4) is 0 Å². The van der Waals surface area contributed by atoms with Crippen LogP contribution in [0.15, 0.2) is 0 Å². The first-order chi connectivity index (χ1) is 11.4. The molecule has 144 valence electrons. The van der Waals surface area contributed by atoms with Crippen molar-refractivity contribution >= 4 is 13.8 Å². The summed E-state index contributed by atoms with van der Waals surface area (Å²) in [6.07, 6.45) is 13.9. The summed E-state index contributed by atoms with van der Waals surface area (Å²) in [6.45, 7) is 1.93. The van der Waals surface area contributed by atoms with E-state index in [1.807, 2.05) is 0 Å². The Labute approximate surface area is 146 Å². The average Bonchev–Trinajstić information content (AvgIpc) is 2.53. The third-order valence-electron chi connectivity index (χ3n) is 4.13. The number of unbranched alkanes of at least 4 members (excludes halogenated alkanes) is 10. The molecule has 0 rings (SSSR count). The molecule has 24 heavy (non-hydrogen) atoms. The SMILES string of the molecule is CCCCCCCCCCCCCC(COP(=O)(O)O)C(=O)OC. The number of phosphoric ester groups is 1. The van der Waals surface area contributed by atoms with Gasteiger partial charge in [-0.15, -0.1) is 0 Å². The van der Waals surface area contributed by atoms with Crippen LogP contribution in [-0.2, 0) is 18.6 Å². The molecule has 0 aromatic carbocycles. The minimum absolute atomic E-state index is 0.297. The molecule has 0 aromatic rings. The highest BCUT2D eigenvalue weighted by Gasteiger charge is 2.24. The number of ether oxygens (including phenoxy) is 1. The number of rotatable bonds is 16. The quantitative estimate of drug-likeness (QED) is 0.236. The van der Waals surface area contributed by atoms with Crippen molar-refractivity contribution in [2.24, 2.45) is 5.92 Å². The topological polar surface area (TPSA) is 93.1 Å². The van der Waals surface area contributed by atoms with Crippen molar-refractivity contribution < 1.29 is 28.4 Å². The molecule has 0 aliphatic heterocycles. The maximum Gasteiger partial charge on any atom is 0.469 e. The molecular weight excluding hydrogens is 331 g/mol. The van der Waals surface area contributed by atoms with Gasteiger partial charge in [0.15, 0.2) is 0 Å². The highest BCUT2D eigenvalue weighted by atomic mass is 31.2. The lowest BCUT2D eigenvalue weighted by atomic mass is 10.0. The number of esters is 1. The van der Waals surface area contributed by atoms with Gasteiger partial charge in [-0.1, -0.05) is 77.6 Å². The van der Waals surface area contributed by atoms with E-state index < -0.39 is 19.7 Å². The summed E-state index contributed by atoms with van der Waals surface area (Å²) in [4.78, 5) is 29.0. The maximum absolute atomic E-state index is 11.6. The molecule has 0 radical (unpaired) electrons. The maximum atomic E-state index is 11.6. The van der Waals surface area contributed by atoms with Crippen LogP contribution in [0.4, 0.5) is 0 Å². The smallest absolute Gasteiger partial charge is 0.469 e. The van der Waals surface area contributed by atoms with Crippen molar-refractivity contribution in [3.05, 3.63) is 0 Å². The fraction of sp³-hybridized carbons (Fsp3) is 0.941. The minimum atomic E-state index is -4.55. The van der Waals surface area contributed by atoms with Crippen molar-refractivity contribution in [1.29, 1.82) is 0 Å². The van der Waals surface area contributed by atoms with Gasteiger partial charge in [-0.3, -0.25) is 9.32 Å². The van der Waals surface area contributed by atoms with E-state index in [2.05, 4.69) is 16.2 Å². The van der Waals surface area contributed by atoms with Crippen LogP contribution < -0.4 is 0 Å². The van der Waals surface area contributed by atoms with Crippen LogP contribution in [0.5, 0.6) is 0 Å². The molecule has 0 aromatic heterocycles. The molecule has 0 aliphatic carbocycles. The minimum Gasteiger partial charge on any atom is -0.469 e. The third-order valence-corrected chi connectivity index (χ3v) is 4.62. The highest BCUT2D eigenvalue weighted by Crippen LogP contribution is 2.36. The number of carbonyl (C=O) groups excluding carboxylic acids is 1. The summed E-state index contributed by atoms with van der Waals surface area (Å²) < 4.78 is 19.8. The lowest BCUT2D eigenvalue weighted by molar-refractivity contribution is -0.146. The summed E-state index contributed by atoms with van der Waals surface area (Å²) in [5.41, 5.74) is 0. The Morgan fingerprint density at radius 3 is 1.79 bits per heavy atom. The van der Waals surface area contributed by atoms with E-state index in [0.717, 1.165) is 19.3 Å². The molecule has 6 nitrogen and oxygen atoms in total. The number of carbonyl (C=O) groups is 1. The van der Waals surface area contributed by atoms with E-state index in [9.17, 15) is 9.36 Å². The Morgan fingerprint density at radius 1 is 0.917 bits per heavy atom. The van der Waals surface area contributed by atoms with Gasteiger partial charge < -0.3 is 14.5 Å². The van der Waals surface area contributed by atoms with Gasteiger partial charge in [-0.25, -0.2) is 4.57 Å². The van der Waals surface area contributed by atoms with Gasteiger partial charge in [0.1, 0.15) is 0 Å². The second kappa shape index (κ2) is 14.9. The molecule has 0 heterocycles. The predicted molar refractivity (Wildman–Crippen MR) is 94.6 cm³/mol. The van der Waals surface area contributed by atoms with E-state index in [4.69, 9.17) is 9.79 Å². The van der Waals surface area contributed by atoms with E-state index in [1.165, 1.54) is 58.5 Å². The van der Waals surface area contributed by atoms with Crippen molar-refractivity contribution in [3.63, 3.8) is 0 Å². The predicted octanol–water partition coefficient (Wildman–Crippen LogP) is 4.59. The van der Waals surface area contributed by atoms with E-state index in [0.29, 0.717) is 6.42 Å². The molecule has 0 saturated heterocycles. The molecule has 0 aliphatic rings. The number of hydrogen-bond donors (Lipinski definition) is 2. The van der Waals surface area contributed by atoms with Gasteiger partial charge in [0.05, 0.1) is 19.6 Å². The van der Waals surface area contributed by atoms with Crippen LogP contribution in [0.25, 0.3) is 0 Å². The van der Waals surface area contributed by atoms with Gasteiger partial charge in [0.2, 0.25) is 0 Å². The molecular formula is C17H35O6P. The number of phosphoric acid groups is 1. The van der Waals surface area contributed by atoms with Crippen molar-refractivity contribution in [3.8, 4) is 0 Å². The zero-order valence-electron chi connectivity index (χ0n) is 15.2. The fourth-order valence-electron chi connectivity index (χ4n) is 2.68. The third kappa shape index (κ3) is 15.1. The van der Waals surface area contributed by atoms with Gasteiger partial charge >= 0.3 is 13.8 Å². The molecule has 0 bridgehead atoms. The normalized spacial score (nSPS) is 13.0. The lowest BCUT2D eigenvalue weighted by Gasteiger charge is -2.15. The second-order valence-corrected chi connectivity index (χ2v) is 7.57. The first-order valence-corrected chi connectivity index (χ1v) is 10.7. The second-order valence-electron chi connectivity index (χ2n) is 6.33. The average molecular weight is 366 g/mol. The lowest BCUT2D eigenvalue weighted by Crippen LogP contribution is -2.21. The molecule has 0 saturated carbocycles. The van der Waals surface area contributed by atoms with Crippen LogP contribution in [0, 0.1) is 5.92 Å². The van der Waals surface area contributed by atoms with Crippen molar-refractivity contribution in [1.82, 2.24) is 0 Å². The summed E-state index contributed by atoms with van der Waals surface area (Å²) in [5.74, 6) is -1.09. The van der Waals surface area contributed by atoms with Gasteiger partial charge in [-0.2, -0.15) is 0 Å². The molecule has 2 N–H and O–H groups in total. The number of methoxy groups -OCH3 is 1. The Hall–Kier alpha value is -0.420. The highest BCUT2D eigenvalue weighted by molar-refractivity contribution is 7.46. The summed E-state index contributed by atoms with van der Waals surface area (Å²) in [7, 11) is -3.27. The van der Waals surface area contributed by atoms with Crippen LogP contribution in [0.1, 0.15) is 84.0 Å². The molecule has 1 unspecified atom stereocenters. The first kappa shape index (κ1) is 23.6. The van der Waals surface area contributed by atoms with Crippen LogP contribution >= 0.6 is 7.82 Å². The Balaban J connectivity index is 3.66. The van der Waals surface area contributed by atoms with Gasteiger partial charge in [-0.05, 0) is 6.42 Å². The van der Waals surface area contributed by atoms with Gasteiger partial charge in [0, 0.05) is 0 Å². The Bertz CT molecular complexity index is 355. The van der Waals surface area contributed by atoms with Crippen LogP contribution in [0.2, 0.25) is 0 Å². The van der Waals surface area contributed by atoms with E-state index in [1.54, 1.807) is 0 Å². The van der Waals surface area contributed by atoms with Crippen molar-refractivity contribution in [2.45, 2.75) is 84.0 Å². The Kier molecular flexibility index (Phi) is 14.6. The van der Waals surface area contributed by atoms with Crippen molar-refractivity contribution in [2.75, 3.05) is 13.7 Å². The Morgan fingerprint density at radius 2 is 1.38 bits per heavy atom. The van der Waals surface area contributed by atoms with Gasteiger partial charge in [0.25, 0.3) is 0 Å². The number of hydrogen-bond acceptors (Lipinski definition) is 4. The molecule has 7 heteroatoms. The molecule has 0 spiro atoms. The zero-order valence-corrected chi connectivity index (χ0v) is 16.1. The summed E-state index contributed by atoms with van der Waals surface area (Å²) in [5, 5.41) is 0. The summed E-state index contributed by atoms with van der Waals surface area (Å²) >= 11 is 0. The largest absolute Gasteiger partial charge is 0.469 e. The zero-order chi connectivity index (χ0) is 18.3. The van der Waals surface area contributed by atoms with E-state index >= 15 is 0 Å². The molecule has 1 atom stereocenters. The molecule has 0 fully saturated rings. The first-order valence-electron chi connectivity index (χ1n) is 9.18. The monoisotopic (exact) mass is 366 g/mol. The van der Waals surface area contributed by atoms with Crippen LogP contribution in [-0.4, -0.2) is 29.5 Å². The fourth-order valence-corrected chi connectivity index (χ4v) is 3.05.